The molecule has 0 saturated carbocycles. The lowest BCUT2D eigenvalue weighted by atomic mass is 10.1. The Morgan fingerprint density at radius 2 is 2.00 bits per heavy atom. The van der Waals surface area contributed by atoms with Crippen LogP contribution in [0.4, 0.5) is 0 Å². The van der Waals surface area contributed by atoms with Crippen molar-refractivity contribution < 1.29 is 4.79 Å². The van der Waals surface area contributed by atoms with E-state index < -0.39 is 0 Å². The first-order valence-corrected chi connectivity index (χ1v) is 6.14. The maximum absolute atomic E-state index is 11.5. The Balaban J connectivity index is 2.23. The third-order valence-electron chi connectivity index (χ3n) is 2.79. The normalized spacial score (nSPS) is 12.2. The number of carbonyl (C=O) groups is 1. The number of benzene rings is 1. The van der Waals surface area contributed by atoms with Gasteiger partial charge < -0.3 is 11.1 Å². The molecule has 1 unspecified atom stereocenters. The zero-order valence-electron chi connectivity index (χ0n) is 10.7. The van der Waals surface area contributed by atoms with Crippen LogP contribution >= 0.6 is 0 Å². The Labute approximate surface area is 103 Å². The van der Waals surface area contributed by atoms with Crippen molar-refractivity contribution in [2.24, 2.45) is 11.7 Å². The standard InChI is InChI=1S/C14H22N2O/c1-11-3-5-13(6-4-11)7-8-16-14(17)9-12(2)10-15/h3-6,12H,7-10,15H2,1-2H3,(H,16,17). The zero-order chi connectivity index (χ0) is 12.7. The number of amides is 1. The monoisotopic (exact) mass is 234 g/mol. The number of rotatable bonds is 6. The molecule has 0 aliphatic rings. The smallest absolute Gasteiger partial charge is 0.220 e. The van der Waals surface area contributed by atoms with Crippen molar-refractivity contribution in [2.75, 3.05) is 13.1 Å². The minimum Gasteiger partial charge on any atom is -0.356 e. The van der Waals surface area contributed by atoms with Crippen LogP contribution in [-0.2, 0) is 11.2 Å². The molecule has 1 rings (SSSR count). The Kier molecular flexibility index (Phi) is 5.70. The first-order valence-electron chi connectivity index (χ1n) is 6.14. The molecule has 0 aliphatic heterocycles. The molecule has 0 radical (unpaired) electrons. The van der Waals surface area contributed by atoms with Gasteiger partial charge in [-0.25, -0.2) is 0 Å². The summed E-state index contributed by atoms with van der Waals surface area (Å²) >= 11 is 0. The number of hydrogen-bond acceptors (Lipinski definition) is 2. The van der Waals surface area contributed by atoms with Crippen molar-refractivity contribution >= 4 is 5.91 Å². The molecule has 0 aromatic heterocycles. The predicted octanol–water partition coefficient (Wildman–Crippen LogP) is 1.64. The van der Waals surface area contributed by atoms with Crippen LogP contribution in [0.3, 0.4) is 0 Å². The van der Waals surface area contributed by atoms with E-state index in [9.17, 15) is 4.79 Å². The molecular formula is C14H22N2O. The van der Waals surface area contributed by atoms with Crippen molar-refractivity contribution in [3.63, 3.8) is 0 Å². The van der Waals surface area contributed by atoms with E-state index in [4.69, 9.17) is 5.73 Å². The van der Waals surface area contributed by atoms with E-state index in [2.05, 4.69) is 36.5 Å². The van der Waals surface area contributed by atoms with Gasteiger partial charge in [0.2, 0.25) is 5.91 Å². The highest BCUT2D eigenvalue weighted by Crippen LogP contribution is 2.03. The first kappa shape index (κ1) is 13.7. The molecule has 0 saturated heterocycles. The van der Waals surface area contributed by atoms with E-state index in [0.717, 1.165) is 6.42 Å². The van der Waals surface area contributed by atoms with E-state index in [0.29, 0.717) is 19.5 Å². The van der Waals surface area contributed by atoms with Gasteiger partial charge in [-0.2, -0.15) is 0 Å². The van der Waals surface area contributed by atoms with Crippen molar-refractivity contribution in [3.05, 3.63) is 35.4 Å². The van der Waals surface area contributed by atoms with Gasteiger partial charge in [-0.15, -0.1) is 0 Å². The Morgan fingerprint density at radius 3 is 2.59 bits per heavy atom. The summed E-state index contributed by atoms with van der Waals surface area (Å²) in [6.07, 6.45) is 1.40. The van der Waals surface area contributed by atoms with Crippen molar-refractivity contribution in [2.45, 2.75) is 26.7 Å². The van der Waals surface area contributed by atoms with Crippen LogP contribution in [0.15, 0.2) is 24.3 Å². The number of hydrogen-bond donors (Lipinski definition) is 2. The molecule has 3 heteroatoms. The van der Waals surface area contributed by atoms with E-state index in [1.165, 1.54) is 11.1 Å². The fraction of sp³-hybridized carbons (Fsp3) is 0.500. The molecule has 1 aromatic rings. The third-order valence-corrected chi connectivity index (χ3v) is 2.79. The summed E-state index contributed by atoms with van der Waals surface area (Å²) in [4.78, 5) is 11.5. The van der Waals surface area contributed by atoms with Crippen molar-refractivity contribution in [3.8, 4) is 0 Å². The SMILES string of the molecule is Cc1ccc(CCNC(=O)CC(C)CN)cc1. The summed E-state index contributed by atoms with van der Waals surface area (Å²) in [5.41, 5.74) is 7.99. The molecule has 94 valence electrons. The predicted molar refractivity (Wildman–Crippen MR) is 70.7 cm³/mol. The summed E-state index contributed by atoms with van der Waals surface area (Å²) in [6.45, 7) is 5.31. The van der Waals surface area contributed by atoms with Crippen LogP contribution in [-0.4, -0.2) is 19.0 Å². The summed E-state index contributed by atoms with van der Waals surface area (Å²) in [6, 6.07) is 8.38. The minimum atomic E-state index is 0.0926. The molecule has 0 bridgehead atoms. The van der Waals surface area contributed by atoms with Gasteiger partial charge in [-0.1, -0.05) is 36.8 Å². The highest BCUT2D eigenvalue weighted by molar-refractivity contribution is 5.76. The molecule has 1 atom stereocenters. The van der Waals surface area contributed by atoms with Gasteiger partial charge in [0, 0.05) is 13.0 Å². The maximum atomic E-state index is 11.5. The molecule has 1 amide bonds. The lowest BCUT2D eigenvalue weighted by molar-refractivity contribution is -0.121. The summed E-state index contributed by atoms with van der Waals surface area (Å²) in [5, 5.41) is 2.92. The number of nitrogens with two attached hydrogens (primary N) is 1. The van der Waals surface area contributed by atoms with Gasteiger partial charge in [0.15, 0.2) is 0 Å². The lowest BCUT2D eigenvalue weighted by Crippen LogP contribution is -2.28. The Hall–Kier alpha value is -1.35. The molecule has 1 aromatic carbocycles. The summed E-state index contributed by atoms with van der Waals surface area (Å²) in [7, 11) is 0. The quantitative estimate of drug-likeness (QED) is 0.786. The van der Waals surface area contributed by atoms with Crippen LogP contribution in [0, 0.1) is 12.8 Å². The van der Waals surface area contributed by atoms with Gasteiger partial charge in [0.25, 0.3) is 0 Å². The highest BCUT2D eigenvalue weighted by Gasteiger charge is 2.06. The molecule has 0 heterocycles. The summed E-state index contributed by atoms with van der Waals surface area (Å²) in [5.74, 6) is 0.351. The van der Waals surface area contributed by atoms with E-state index in [1.807, 2.05) is 6.92 Å². The average Bonchev–Trinajstić information content (AvgIpc) is 2.31. The Morgan fingerprint density at radius 1 is 1.35 bits per heavy atom. The van der Waals surface area contributed by atoms with Crippen LogP contribution in [0.25, 0.3) is 0 Å². The number of aryl methyl sites for hydroxylation is 1. The number of nitrogens with one attached hydrogen (secondary N) is 1. The second kappa shape index (κ2) is 7.07. The molecule has 17 heavy (non-hydrogen) atoms. The average molecular weight is 234 g/mol. The van der Waals surface area contributed by atoms with Crippen LogP contribution in [0.1, 0.15) is 24.5 Å². The fourth-order valence-electron chi connectivity index (χ4n) is 1.57. The maximum Gasteiger partial charge on any atom is 0.220 e. The van der Waals surface area contributed by atoms with Gasteiger partial charge >= 0.3 is 0 Å². The third kappa shape index (κ3) is 5.50. The number of carbonyl (C=O) groups excluding carboxylic acids is 1. The fourth-order valence-corrected chi connectivity index (χ4v) is 1.57. The van der Waals surface area contributed by atoms with Crippen LogP contribution < -0.4 is 11.1 Å². The molecule has 0 fully saturated rings. The molecule has 0 spiro atoms. The van der Waals surface area contributed by atoms with Gasteiger partial charge in [0.1, 0.15) is 0 Å². The highest BCUT2D eigenvalue weighted by atomic mass is 16.1. The van der Waals surface area contributed by atoms with Crippen LogP contribution in [0.5, 0.6) is 0 Å². The second-order valence-electron chi connectivity index (χ2n) is 4.63. The molecule has 3 N–H and O–H groups in total. The first-order chi connectivity index (χ1) is 8.11. The van der Waals surface area contributed by atoms with Gasteiger partial charge in [0.05, 0.1) is 0 Å². The Bertz CT molecular complexity index is 346. The molecule has 0 aliphatic carbocycles. The topological polar surface area (TPSA) is 55.1 Å². The minimum absolute atomic E-state index is 0.0926. The zero-order valence-corrected chi connectivity index (χ0v) is 10.7. The van der Waals surface area contributed by atoms with Crippen molar-refractivity contribution in [1.82, 2.24) is 5.32 Å². The molecular weight excluding hydrogens is 212 g/mol. The largest absolute Gasteiger partial charge is 0.356 e. The van der Waals surface area contributed by atoms with E-state index >= 15 is 0 Å². The van der Waals surface area contributed by atoms with Crippen molar-refractivity contribution in [1.29, 1.82) is 0 Å². The lowest BCUT2D eigenvalue weighted by Gasteiger charge is -2.09. The van der Waals surface area contributed by atoms with Gasteiger partial charge in [-0.05, 0) is 31.4 Å². The van der Waals surface area contributed by atoms with E-state index in [1.54, 1.807) is 0 Å². The van der Waals surface area contributed by atoms with E-state index in [-0.39, 0.29) is 11.8 Å². The van der Waals surface area contributed by atoms with Gasteiger partial charge in [-0.3, -0.25) is 4.79 Å². The molecule has 3 nitrogen and oxygen atoms in total. The second-order valence-corrected chi connectivity index (χ2v) is 4.63. The van der Waals surface area contributed by atoms with Crippen LogP contribution in [0.2, 0.25) is 0 Å². The summed E-state index contributed by atoms with van der Waals surface area (Å²) < 4.78 is 0.